The summed E-state index contributed by atoms with van der Waals surface area (Å²) in [6.07, 6.45) is 1.75. The number of pyridine rings is 1. The van der Waals surface area contributed by atoms with Crippen molar-refractivity contribution in [3.63, 3.8) is 0 Å². The van der Waals surface area contributed by atoms with Crippen LogP contribution in [0.15, 0.2) is 36.5 Å². The molecule has 0 saturated heterocycles. The van der Waals surface area contributed by atoms with Crippen molar-refractivity contribution in [2.75, 3.05) is 6.61 Å². The molecule has 1 aromatic carbocycles. The van der Waals surface area contributed by atoms with Crippen LogP contribution >= 0.6 is 0 Å². The third-order valence-corrected chi connectivity index (χ3v) is 2.97. The molecule has 0 radical (unpaired) electrons. The first kappa shape index (κ1) is 14.3. The molecule has 2 rings (SSSR count). The summed E-state index contributed by atoms with van der Waals surface area (Å²) in [6, 6.07) is 9.34. The number of aliphatic hydroxyl groups excluding tert-OH is 1. The van der Waals surface area contributed by atoms with Gasteiger partial charge in [0.25, 0.3) is 0 Å². The van der Waals surface area contributed by atoms with Crippen molar-refractivity contribution >= 4 is 0 Å². The van der Waals surface area contributed by atoms with E-state index >= 15 is 0 Å². The van der Waals surface area contributed by atoms with Crippen LogP contribution < -0.4 is 9.47 Å². The largest absolute Gasteiger partial charge is 0.490 e. The molecule has 0 fully saturated rings. The van der Waals surface area contributed by atoms with Crippen molar-refractivity contribution in [2.45, 2.75) is 27.1 Å². The Morgan fingerprint density at radius 2 is 2.00 bits per heavy atom. The molecule has 4 heteroatoms. The van der Waals surface area contributed by atoms with E-state index in [1.54, 1.807) is 12.3 Å². The molecule has 0 aliphatic carbocycles. The molecule has 0 saturated carbocycles. The van der Waals surface area contributed by atoms with E-state index in [9.17, 15) is 0 Å². The van der Waals surface area contributed by atoms with Gasteiger partial charge in [-0.3, -0.25) is 4.98 Å². The van der Waals surface area contributed by atoms with E-state index in [0.29, 0.717) is 24.7 Å². The Bertz CT molecular complexity index is 569. The van der Waals surface area contributed by atoms with Crippen LogP contribution in [0, 0.1) is 6.92 Å². The van der Waals surface area contributed by atoms with E-state index in [0.717, 1.165) is 16.8 Å². The van der Waals surface area contributed by atoms with Gasteiger partial charge in [-0.05, 0) is 43.2 Å². The van der Waals surface area contributed by atoms with Gasteiger partial charge in [-0.15, -0.1) is 0 Å². The first-order valence-electron chi connectivity index (χ1n) is 6.64. The molecule has 0 amide bonds. The van der Waals surface area contributed by atoms with Crippen LogP contribution in [0.5, 0.6) is 11.5 Å². The SMILES string of the molecule is CCOc1cc(CO)ccc1OCc1ncccc1C. The van der Waals surface area contributed by atoms with Crippen molar-refractivity contribution in [2.24, 2.45) is 0 Å². The molecule has 20 heavy (non-hydrogen) atoms. The predicted molar refractivity (Wildman–Crippen MR) is 76.8 cm³/mol. The number of rotatable bonds is 6. The van der Waals surface area contributed by atoms with Gasteiger partial charge in [-0.25, -0.2) is 0 Å². The zero-order valence-electron chi connectivity index (χ0n) is 11.8. The number of aromatic nitrogens is 1. The highest BCUT2D eigenvalue weighted by Gasteiger charge is 2.08. The Morgan fingerprint density at radius 3 is 2.70 bits per heavy atom. The Morgan fingerprint density at radius 1 is 1.15 bits per heavy atom. The average Bonchev–Trinajstić information content (AvgIpc) is 2.47. The number of aliphatic hydroxyl groups is 1. The Balaban J connectivity index is 2.14. The van der Waals surface area contributed by atoms with E-state index in [1.165, 1.54) is 0 Å². The van der Waals surface area contributed by atoms with Gasteiger partial charge in [-0.1, -0.05) is 12.1 Å². The zero-order chi connectivity index (χ0) is 14.4. The summed E-state index contributed by atoms with van der Waals surface area (Å²) < 4.78 is 11.3. The number of aryl methyl sites for hydroxylation is 1. The molecule has 2 aromatic rings. The fourth-order valence-electron chi connectivity index (χ4n) is 1.85. The van der Waals surface area contributed by atoms with Crippen LogP contribution in [0.1, 0.15) is 23.7 Å². The van der Waals surface area contributed by atoms with Crippen molar-refractivity contribution in [1.82, 2.24) is 4.98 Å². The van der Waals surface area contributed by atoms with Gasteiger partial charge in [0.05, 0.1) is 18.9 Å². The molecule has 0 aliphatic rings. The predicted octanol–water partition coefficient (Wildman–Crippen LogP) is 2.86. The van der Waals surface area contributed by atoms with Crippen LogP contribution in [0.2, 0.25) is 0 Å². The number of nitrogens with zero attached hydrogens (tertiary/aromatic N) is 1. The Labute approximate surface area is 119 Å². The maximum atomic E-state index is 9.16. The molecule has 106 valence electrons. The molecule has 0 atom stereocenters. The number of ether oxygens (including phenoxy) is 2. The molecule has 0 bridgehead atoms. The lowest BCUT2D eigenvalue weighted by Crippen LogP contribution is -2.03. The minimum Gasteiger partial charge on any atom is -0.490 e. The fraction of sp³-hybridized carbons (Fsp3) is 0.312. The third-order valence-electron chi connectivity index (χ3n) is 2.97. The van der Waals surface area contributed by atoms with Crippen LogP contribution in [0.25, 0.3) is 0 Å². The fourth-order valence-corrected chi connectivity index (χ4v) is 1.85. The second kappa shape index (κ2) is 6.91. The summed E-state index contributed by atoms with van der Waals surface area (Å²) in [7, 11) is 0. The lowest BCUT2D eigenvalue weighted by Gasteiger charge is -2.13. The van der Waals surface area contributed by atoms with Gasteiger partial charge < -0.3 is 14.6 Å². The maximum Gasteiger partial charge on any atom is 0.161 e. The van der Waals surface area contributed by atoms with E-state index in [4.69, 9.17) is 14.6 Å². The van der Waals surface area contributed by atoms with Crippen molar-refractivity contribution in [1.29, 1.82) is 0 Å². The van der Waals surface area contributed by atoms with Gasteiger partial charge >= 0.3 is 0 Å². The van der Waals surface area contributed by atoms with Gasteiger partial charge in [0.2, 0.25) is 0 Å². The standard InChI is InChI=1S/C16H19NO3/c1-3-19-16-9-13(10-18)6-7-15(16)20-11-14-12(2)5-4-8-17-14/h4-9,18H,3,10-11H2,1-2H3. The first-order valence-corrected chi connectivity index (χ1v) is 6.64. The van der Waals surface area contributed by atoms with Crippen LogP contribution in [0.3, 0.4) is 0 Å². The van der Waals surface area contributed by atoms with Crippen LogP contribution in [-0.2, 0) is 13.2 Å². The maximum absolute atomic E-state index is 9.16. The molecular formula is C16H19NO3. The highest BCUT2D eigenvalue weighted by molar-refractivity contribution is 5.43. The second-order valence-electron chi connectivity index (χ2n) is 4.43. The minimum atomic E-state index is -0.0142. The topological polar surface area (TPSA) is 51.6 Å². The zero-order valence-corrected chi connectivity index (χ0v) is 11.8. The number of benzene rings is 1. The summed E-state index contributed by atoms with van der Waals surface area (Å²) in [4.78, 5) is 4.30. The number of hydrogen-bond donors (Lipinski definition) is 1. The first-order chi connectivity index (χ1) is 9.74. The summed E-state index contributed by atoms with van der Waals surface area (Å²) in [5.41, 5.74) is 2.80. The molecular weight excluding hydrogens is 254 g/mol. The lowest BCUT2D eigenvalue weighted by atomic mass is 10.2. The van der Waals surface area contributed by atoms with Crippen LogP contribution in [0.4, 0.5) is 0 Å². The normalized spacial score (nSPS) is 10.3. The molecule has 4 nitrogen and oxygen atoms in total. The minimum absolute atomic E-state index is 0.0142. The van der Waals surface area contributed by atoms with E-state index in [1.807, 2.05) is 38.1 Å². The Kier molecular flexibility index (Phi) is 4.96. The Hall–Kier alpha value is -2.07. The molecule has 1 heterocycles. The van der Waals surface area contributed by atoms with Crippen molar-refractivity contribution in [3.8, 4) is 11.5 Å². The monoisotopic (exact) mass is 273 g/mol. The molecule has 0 aliphatic heterocycles. The highest BCUT2D eigenvalue weighted by Crippen LogP contribution is 2.29. The van der Waals surface area contributed by atoms with E-state index < -0.39 is 0 Å². The van der Waals surface area contributed by atoms with E-state index in [-0.39, 0.29) is 6.61 Å². The summed E-state index contributed by atoms with van der Waals surface area (Å²) in [5, 5.41) is 9.16. The molecule has 1 N–H and O–H groups in total. The van der Waals surface area contributed by atoms with Crippen molar-refractivity contribution in [3.05, 3.63) is 53.3 Å². The molecule has 0 unspecified atom stereocenters. The van der Waals surface area contributed by atoms with Crippen molar-refractivity contribution < 1.29 is 14.6 Å². The smallest absolute Gasteiger partial charge is 0.161 e. The van der Waals surface area contributed by atoms with Crippen LogP contribution in [-0.4, -0.2) is 16.7 Å². The summed E-state index contributed by atoms with van der Waals surface area (Å²) in [6.45, 7) is 4.85. The quantitative estimate of drug-likeness (QED) is 0.879. The molecule has 0 spiro atoms. The highest BCUT2D eigenvalue weighted by atomic mass is 16.5. The molecule has 1 aromatic heterocycles. The summed E-state index contributed by atoms with van der Waals surface area (Å²) >= 11 is 0. The van der Waals surface area contributed by atoms with Gasteiger partial charge in [-0.2, -0.15) is 0 Å². The van der Waals surface area contributed by atoms with E-state index in [2.05, 4.69) is 4.98 Å². The average molecular weight is 273 g/mol. The summed E-state index contributed by atoms with van der Waals surface area (Å²) in [5.74, 6) is 1.31. The second-order valence-corrected chi connectivity index (χ2v) is 4.43. The number of hydrogen-bond acceptors (Lipinski definition) is 4. The third kappa shape index (κ3) is 3.48. The van der Waals surface area contributed by atoms with Gasteiger partial charge in [0, 0.05) is 6.20 Å². The van der Waals surface area contributed by atoms with Gasteiger partial charge in [0.15, 0.2) is 11.5 Å². The van der Waals surface area contributed by atoms with Gasteiger partial charge in [0.1, 0.15) is 6.61 Å². The lowest BCUT2D eigenvalue weighted by molar-refractivity contribution is 0.261.